The molecule has 2 nitrogen and oxygen atoms in total. The largest absolute Gasteiger partial charge is 0.490 e. The van der Waals surface area contributed by atoms with E-state index in [4.69, 9.17) is 9.47 Å². The minimum atomic E-state index is 0.322. The molecule has 16 heavy (non-hydrogen) atoms. The van der Waals surface area contributed by atoms with E-state index >= 15 is 0 Å². The van der Waals surface area contributed by atoms with Gasteiger partial charge in [-0.3, -0.25) is 0 Å². The van der Waals surface area contributed by atoms with Crippen molar-refractivity contribution in [3.8, 4) is 11.5 Å². The van der Waals surface area contributed by atoms with E-state index in [2.05, 4.69) is 12.6 Å². The van der Waals surface area contributed by atoms with Gasteiger partial charge in [0.25, 0.3) is 0 Å². The molecule has 0 N–H and O–H groups in total. The van der Waals surface area contributed by atoms with Gasteiger partial charge in [0, 0.05) is 5.41 Å². The minimum absolute atomic E-state index is 0.322. The van der Waals surface area contributed by atoms with Crippen LogP contribution in [0.4, 0.5) is 0 Å². The number of ether oxygens (including phenoxy) is 2. The van der Waals surface area contributed by atoms with E-state index in [1.807, 2.05) is 31.2 Å². The standard InChI is InChI=1S/C13H18O2S/c1-2-14-11-5-3-4-6-12(11)15-9-13(10-16)7-8-13/h3-6,16H,2,7-10H2,1H3. The molecule has 0 radical (unpaired) electrons. The van der Waals surface area contributed by atoms with Crippen molar-refractivity contribution in [2.75, 3.05) is 19.0 Å². The van der Waals surface area contributed by atoms with Crippen molar-refractivity contribution in [3.63, 3.8) is 0 Å². The monoisotopic (exact) mass is 238 g/mol. The van der Waals surface area contributed by atoms with E-state index < -0.39 is 0 Å². The lowest BCUT2D eigenvalue weighted by Crippen LogP contribution is -2.15. The highest BCUT2D eigenvalue weighted by Gasteiger charge is 2.42. The molecule has 0 atom stereocenters. The number of rotatable bonds is 6. The Morgan fingerprint density at radius 3 is 2.31 bits per heavy atom. The molecule has 3 heteroatoms. The summed E-state index contributed by atoms with van der Waals surface area (Å²) in [6.07, 6.45) is 2.46. The van der Waals surface area contributed by atoms with Gasteiger partial charge < -0.3 is 9.47 Å². The van der Waals surface area contributed by atoms with Crippen molar-refractivity contribution >= 4 is 12.6 Å². The van der Waals surface area contributed by atoms with E-state index in [-0.39, 0.29) is 0 Å². The maximum absolute atomic E-state index is 5.83. The quantitative estimate of drug-likeness (QED) is 0.767. The van der Waals surface area contributed by atoms with E-state index in [0.29, 0.717) is 12.0 Å². The third-order valence-corrected chi connectivity index (χ3v) is 3.65. The lowest BCUT2D eigenvalue weighted by Gasteiger charge is -2.15. The second-order valence-corrected chi connectivity index (χ2v) is 4.64. The second kappa shape index (κ2) is 5.00. The molecule has 0 amide bonds. The molecule has 1 aromatic rings. The van der Waals surface area contributed by atoms with E-state index in [0.717, 1.165) is 23.9 Å². The summed E-state index contributed by atoms with van der Waals surface area (Å²) in [5.41, 5.74) is 0.322. The molecule has 0 unspecified atom stereocenters. The van der Waals surface area contributed by atoms with Crippen LogP contribution < -0.4 is 9.47 Å². The average molecular weight is 238 g/mol. The van der Waals surface area contributed by atoms with Gasteiger partial charge in [-0.1, -0.05) is 12.1 Å². The number of benzene rings is 1. The molecule has 88 valence electrons. The van der Waals surface area contributed by atoms with Crippen molar-refractivity contribution < 1.29 is 9.47 Å². The Bertz CT molecular complexity index is 348. The van der Waals surface area contributed by atoms with Gasteiger partial charge in [-0.05, 0) is 37.7 Å². The van der Waals surface area contributed by atoms with Crippen molar-refractivity contribution in [2.45, 2.75) is 19.8 Å². The zero-order valence-electron chi connectivity index (χ0n) is 9.61. The van der Waals surface area contributed by atoms with Gasteiger partial charge in [0.1, 0.15) is 0 Å². The lowest BCUT2D eigenvalue weighted by molar-refractivity contribution is 0.233. The molecule has 1 fully saturated rings. The first-order valence-corrected chi connectivity index (χ1v) is 6.38. The summed E-state index contributed by atoms with van der Waals surface area (Å²) in [5.74, 6) is 2.58. The smallest absolute Gasteiger partial charge is 0.161 e. The first-order chi connectivity index (χ1) is 7.79. The van der Waals surface area contributed by atoms with Gasteiger partial charge in [0.15, 0.2) is 11.5 Å². The Balaban J connectivity index is 1.97. The van der Waals surface area contributed by atoms with E-state index in [9.17, 15) is 0 Å². The first kappa shape index (κ1) is 11.6. The highest BCUT2D eigenvalue weighted by Crippen LogP contribution is 2.47. The lowest BCUT2D eigenvalue weighted by atomic mass is 10.2. The summed E-state index contributed by atoms with van der Waals surface area (Å²) < 4.78 is 11.3. The highest BCUT2D eigenvalue weighted by molar-refractivity contribution is 7.80. The Kier molecular flexibility index (Phi) is 3.64. The fourth-order valence-corrected chi connectivity index (χ4v) is 2.01. The van der Waals surface area contributed by atoms with Gasteiger partial charge in [-0.2, -0.15) is 12.6 Å². The van der Waals surface area contributed by atoms with Crippen LogP contribution >= 0.6 is 12.6 Å². The number of hydrogen-bond donors (Lipinski definition) is 1. The maximum atomic E-state index is 5.83. The topological polar surface area (TPSA) is 18.5 Å². The van der Waals surface area contributed by atoms with E-state index in [1.54, 1.807) is 0 Å². The minimum Gasteiger partial charge on any atom is -0.490 e. The van der Waals surface area contributed by atoms with Gasteiger partial charge in [-0.15, -0.1) is 0 Å². The van der Waals surface area contributed by atoms with Crippen LogP contribution in [-0.2, 0) is 0 Å². The molecule has 0 aliphatic heterocycles. The summed E-state index contributed by atoms with van der Waals surface area (Å²) in [6.45, 7) is 3.39. The molecule has 2 rings (SSSR count). The summed E-state index contributed by atoms with van der Waals surface area (Å²) in [4.78, 5) is 0. The Hall–Kier alpha value is -0.830. The molecule has 1 aliphatic carbocycles. The van der Waals surface area contributed by atoms with Crippen LogP contribution in [0, 0.1) is 5.41 Å². The van der Waals surface area contributed by atoms with Gasteiger partial charge in [0.05, 0.1) is 13.2 Å². The van der Waals surface area contributed by atoms with Gasteiger partial charge in [0.2, 0.25) is 0 Å². The summed E-state index contributed by atoms with van der Waals surface area (Å²) in [6, 6.07) is 7.83. The zero-order valence-corrected chi connectivity index (χ0v) is 10.5. The average Bonchev–Trinajstić information content (AvgIpc) is 3.09. The van der Waals surface area contributed by atoms with Crippen LogP contribution in [0.1, 0.15) is 19.8 Å². The van der Waals surface area contributed by atoms with Crippen LogP contribution in [0.15, 0.2) is 24.3 Å². The molecule has 1 aliphatic rings. The first-order valence-electron chi connectivity index (χ1n) is 5.75. The van der Waals surface area contributed by atoms with Crippen molar-refractivity contribution in [3.05, 3.63) is 24.3 Å². The van der Waals surface area contributed by atoms with Crippen LogP contribution in [0.2, 0.25) is 0 Å². The third kappa shape index (κ3) is 2.64. The fourth-order valence-electron chi connectivity index (χ4n) is 1.60. The molecular weight excluding hydrogens is 220 g/mol. The maximum Gasteiger partial charge on any atom is 0.161 e. The molecule has 0 heterocycles. The Morgan fingerprint density at radius 1 is 1.19 bits per heavy atom. The van der Waals surface area contributed by atoms with E-state index in [1.165, 1.54) is 12.8 Å². The molecule has 0 aromatic heterocycles. The van der Waals surface area contributed by atoms with Crippen molar-refractivity contribution in [1.82, 2.24) is 0 Å². The number of para-hydroxylation sites is 2. The zero-order chi connectivity index (χ0) is 11.4. The van der Waals surface area contributed by atoms with Crippen molar-refractivity contribution in [2.24, 2.45) is 5.41 Å². The normalized spacial score (nSPS) is 16.9. The van der Waals surface area contributed by atoms with Gasteiger partial charge in [-0.25, -0.2) is 0 Å². The third-order valence-electron chi connectivity index (χ3n) is 2.98. The predicted octanol–water partition coefficient (Wildman–Crippen LogP) is 3.17. The van der Waals surface area contributed by atoms with Gasteiger partial charge >= 0.3 is 0 Å². The number of thiol groups is 1. The molecule has 0 bridgehead atoms. The molecule has 1 saturated carbocycles. The Morgan fingerprint density at radius 2 is 1.81 bits per heavy atom. The highest BCUT2D eigenvalue weighted by atomic mass is 32.1. The molecular formula is C13H18O2S. The van der Waals surface area contributed by atoms with Crippen LogP contribution in [0.3, 0.4) is 0 Å². The van der Waals surface area contributed by atoms with Crippen LogP contribution in [-0.4, -0.2) is 19.0 Å². The van der Waals surface area contributed by atoms with Crippen LogP contribution in [0.25, 0.3) is 0 Å². The summed E-state index contributed by atoms with van der Waals surface area (Å²) in [7, 11) is 0. The molecule has 1 aromatic carbocycles. The molecule has 0 saturated heterocycles. The Labute approximate surface area is 102 Å². The number of hydrogen-bond acceptors (Lipinski definition) is 3. The predicted molar refractivity (Wildman–Crippen MR) is 68.6 cm³/mol. The van der Waals surface area contributed by atoms with Crippen molar-refractivity contribution in [1.29, 1.82) is 0 Å². The van der Waals surface area contributed by atoms with Crippen LogP contribution in [0.5, 0.6) is 11.5 Å². The summed E-state index contributed by atoms with van der Waals surface area (Å²) in [5, 5.41) is 0. The SMILES string of the molecule is CCOc1ccccc1OCC1(CS)CC1. The summed E-state index contributed by atoms with van der Waals surface area (Å²) >= 11 is 4.37. The second-order valence-electron chi connectivity index (χ2n) is 4.33. The molecule has 0 spiro atoms. The fraction of sp³-hybridized carbons (Fsp3) is 0.538.